The zero-order valence-electron chi connectivity index (χ0n) is 15.5. The van der Waals surface area contributed by atoms with Gasteiger partial charge in [-0.3, -0.25) is 4.99 Å². The minimum atomic E-state index is 0.372. The largest absolute Gasteiger partial charge is 0.496 e. The van der Waals surface area contributed by atoms with Crippen molar-refractivity contribution >= 4 is 5.96 Å². The Morgan fingerprint density at radius 3 is 2.79 bits per heavy atom. The number of hydrogen-bond acceptors (Lipinski definition) is 3. The maximum Gasteiger partial charge on any atom is 0.194 e. The van der Waals surface area contributed by atoms with Crippen LogP contribution in [0, 0.1) is 5.41 Å². The normalized spacial score (nSPS) is 17.2. The lowest BCUT2D eigenvalue weighted by atomic mass is 9.93. The molecule has 0 saturated carbocycles. The maximum absolute atomic E-state index is 5.76. The lowest BCUT2D eigenvalue weighted by Crippen LogP contribution is -2.41. The molecule has 0 unspecified atom stereocenters. The van der Waals surface area contributed by atoms with Crippen LogP contribution in [0.2, 0.25) is 0 Å². The van der Waals surface area contributed by atoms with Crippen molar-refractivity contribution in [3.63, 3.8) is 0 Å². The summed E-state index contributed by atoms with van der Waals surface area (Å²) in [5.41, 5.74) is 1.44. The number of ether oxygens (including phenoxy) is 2. The number of nitrogens with one attached hydrogen (secondary N) is 1. The summed E-state index contributed by atoms with van der Waals surface area (Å²) < 4.78 is 11.1. The fourth-order valence-electron chi connectivity index (χ4n) is 2.94. The number of likely N-dealkylation sites (tertiary alicyclic amines) is 1. The summed E-state index contributed by atoms with van der Waals surface area (Å²) in [6.45, 7) is 11.6. The second kappa shape index (κ2) is 8.92. The van der Waals surface area contributed by atoms with Crippen molar-refractivity contribution in [1.29, 1.82) is 0 Å². The first-order chi connectivity index (χ1) is 11.6. The highest BCUT2D eigenvalue weighted by atomic mass is 16.5. The highest BCUT2D eigenvalue weighted by Gasteiger charge is 2.30. The molecule has 1 heterocycles. The molecule has 1 aliphatic rings. The molecule has 0 bridgehead atoms. The van der Waals surface area contributed by atoms with Gasteiger partial charge in [0, 0.05) is 25.2 Å². The van der Waals surface area contributed by atoms with Crippen LogP contribution in [0.3, 0.4) is 0 Å². The molecule has 1 N–H and O–H groups in total. The molecule has 0 aromatic heterocycles. The van der Waals surface area contributed by atoms with E-state index in [0.29, 0.717) is 25.2 Å². The Morgan fingerprint density at radius 2 is 2.12 bits per heavy atom. The quantitative estimate of drug-likeness (QED) is 0.473. The topological polar surface area (TPSA) is 46.1 Å². The van der Waals surface area contributed by atoms with Gasteiger partial charge in [0.2, 0.25) is 0 Å². The summed E-state index contributed by atoms with van der Waals surface area (Å²) in [6.07, 6.45) is 1.21. The van der Waals surface area contributed by atoms with Crippen molar-refractivity contribution in [2.24, 2.45) is 10.4 Å². The van der Waals surface area contributed by atoms with Crippen molar-refractivity contribution < 1.29 is 9.47 Å². The number of aliphatic imine (C=N–C) groups is 1. The Labute approximate surface area is 146 Å². The third-order valence-electron chi connectivity index (χ3n) is 4.26. The zero-order chi connectivity index (χ0) is 17.4. The first-order valence-corrected chi connectivity index (χ1v) is 8.78. The van der Waals surface area contributed by atoms with Gasteiger partial charge in [-0.15, -0.1) is 0 Å². The molecule has 1 aromatic carbocycles. The molecule has 0 aliphatic carbocycles. The molecule has 1 saturated heterocycles. The molecule has 0 spiro atoms. The van der Waals surface area contributed by atoms with E-state index < -0.39 is 0 Å². The van der Waals surface area contributed by atoms with E-state index in [1.165, 1.54) is 6.42 Å². The number of guanidine groups is 1. The van der Waals surface area contributed by atoms with Gasteiger partial charge in [0.05, 0.1) is 26.9 Å². The van der Waals surface area contributed by atoms with Gasteiger partial charge in [-0.2, -0.15) is 0 Å². The molecule has 5 heteroatoms. The summed E-state index contributed by atoms with van der Waals surface area (Å²) in [7, 11) is 1.68. The van der Waals surface area contributed by atoms with Crippen LogP contribution in [-0.4, -0.2) is 50.8 Å². The Balaban J connectivity index is 1.80. The van der Waals surface area contributed by atoms with Crippen LogP contribution in [0.5, 0.6) is 5.75 Å². The predicted octanol–water partition coefficient (Wildman–Crippen LogP) is 2.91. The van der Waals surface area contributed by atoms with Crippen molar-refractivity contribution in [1.82, 2.24) is 10.2 Å². The molecule has 24 heavy (non-hydrogen) atoms. The summed E-state index contributed by atoms with van der Waals surface area (Å²) in [5, 5.41) is 3.39. The van der Waals surface area contributed by atoms with Crippen LogP contribution in [0.4, 0.5) is 0 Å². The molecule has 0 radical (unpaired) electrons. The molecular weight excluding hydrogens is 302 g/mol. The molecule has 0 atom stereocenters. The first-order valence-electron chi connectivity index (χ1n) is 8.78. The summed E-state index contributed by atoms with van der Waals surface area (Å²) >= 11 is 0. The SMILES string of the molecule is CCNC(=NCCOCc1ccccc1OC)N1CCC(C)(C)C1. The molecule has 1 aromatic rings. The van der Waals surface area contributed by atoms with Crippen molar-refractivity contribution in [2.45, 2.75) is 33.8 Å². The first kappa shape index (κ1) is 18.6. The van der Waals surface area contributed by atoms with Crippen LogP contribution < -0.4 is 10.1 Å². The Bertz CT molecular complexity index is 543. The van der Waals surface area contributed by atoms with Gasteiger partial charge >= 0.3 is 0 Å². The number of rotatable bonds is 7. The van der Waals surface area contributed by atoms with E-state index in [4.69, 9.17) is 14.5 Å². The number of benzene rings is 1. The Morgan fingerprint density at radius 1 is 1.33 bits per heavy atom. The highest BCUT2D eigenvalue weighted by Crippen LogP contribution is 2.28. The van der Waals surface area contributed by atoms with Gasteiger partial charge < -0.3 is 19.7 Å². The van der Waals surface area contributed by atoms with E-state index in [2.05, 4.69) is 31.0 Å². The van der Waals surface area contributed by atoms with Crippen LogP contribution in [-0.2, 0) is 11.3 Å². The molecule has 2 rings (SSSR count). The van der Waals surface area contributed by atoms with E-state index in [0.717, 1.165) is 36.9 Å². The monoisotopic (exact) mass is 333 g/mol. The molecule has 134 valence electrons. The minimum absolute atomic E-state index is 0.372. The van der Waals surface area contributed by atoms with E-state index >= 15 is 0 Å². The average molecular weight is 333 g/mol. The third-order valence-corrected chi connectivity index (χ3v) is 4.26. The maximum atomic E-state index is 5.76. The Kier molecular flexibility index (Phi) is 6.91. The lowest BCUT2D eigenvalue weighted by molar-refractivity contribution is 0.126. The second-order valence-electron chi connectivity index (χ2n) is 6.94. The van der Waals surface area contributed by atoms with Gasteiger partial charge in [0.1, 0.15) is 5.75 Å². The van der Waals surface area contributed by atoms with Crippen LogP contribution in [0.15, 0.2) is 29.3 Å². The number of nitrogens with zero attached hydrogens (tertiary/aromatic N) is 2. The molecule has 5 nitrogen and oxygen atoms in total. The van der Waals surface area contributed by atoms with Gasteiger partial charge in [-0.1, -0.05) is 32.0 Å². The van der Waals surface area contributed by atoms with Crippen molar-refractivity contribution in [3.8, 4) is 5.75 Å². The fraction of sp³-hybridized carbons (Fsp3) is 0.632. The van der Waals surface area contributed by atoms with Crippen LogP contribution in [0.1, 0.15) is 32.8 Å². The third kappa shape index (κ3) is 5.41. The number of para-hydroxylation sites is 1. The minimum Gasteiger partial charge on any atom is -0.496 e. The Hall–Kier alpha value is -1.75. The van der Waals surface area contributed by atoms with E-state index in [1.54, 1.807) is 7.11 Å². The van der Waals surface area contributed by atoms with Crippen LogP contribution >= 0.6 is 0 Å². The number of hydrogen-bond donors (Lipinski definition) is 1. The van der Waals surface area contributed by atoms with E-state index in [1.807, 2.05) is 24.3 Å². The molecular formula is C19H31N3O2. The summed E-state index contributed by atoms with van der Waals surface area (Å²) in [4.78, 5) is 7.06. The molecule has 0 amide bonds. The van der Waals surface area contributed by atoms with Crippen molar-refractivity contribution in [3.05, 3.63) is 29.8 Å². The van der Waals surface area contributed by atoms with Gasteiger partial charge in [0.15, 0.2) is 5.96 Å². The number of methoxy groups -OCH3 is 1. The summed E-state index contributed by atoms with van der Waals surface area (Å²) in [5.74, 6) is 1.87. The zero-order valence-corrected chi connectivity index (χ0v) is 15.5. The summed E-state index contributed by atoms with van der Waals surface area (Å²) in [6, 6.07) is 7.94. The van der Waals surface area contributed by atoms with Gasteiger partial charge in [0.25, 0.3) is 0 Å². The highest BCUT2D eigenvalue weighted by molar-refractivity contribution is 5.80. The predicted molar refractivity (Wildman–Crippen MR) is 98.6 cm³/mol. The van der Waals surface area contributed by atoms with Crippen LogP contribution in [0.25, 0.3) is 0 Å². The lowest BCUT2D eigenvalue weighted by Gasteiger charge is -2.23. The second-order valence-corrected chi connectivity index (χ2v) is 6.94. The average Bonchev–Trinajstić information content (AvgIpc) is 2.93. The van der Waals surface area contributed by atoms with E-state index in [9.17, 15) is 0 Å². The smallest absolute Gasteiger partial charge is 0.194 e. The van der Waals surface area contributed by atoms with Gasteiger partial charge in [-0.05, 0) is 24.8 Å². The molecule has 1 fully saturated rings. The standard InChI is InChI=1S/C19H31N3O2/c1-5-20-18(22-12-10-19(2,3)15-22)21-11-13-24-14-16-8-6-7-9-17(16)23-4/h6-9H,5,10-15H2,1-4H3,(H,20,21). The fourth-order valence-corrected chi connectivity index (χ4v) is 2.94. The van der Waals surface area contributed by atoms with E-state index in [-0.39, 0.29) is 0 Å². The molecule has 1 aliphatic heterocycles. The van der Waals surface area contributed by atoms with Gasteiger partial charge in [-0.25, -0.2) is 0 Å². The van der Waals surface area contributed by atoms with Crippen molar-refractivity contribution in [2.75, 3.05) is 39.9 Å².